The molecule has 4 rings (SSSR count). The standard InChI is InChI=1S/C20H20N4O2S2/c1-12-5-3-4-6-15(12)19-23-13(2)16(28-19)10-22-17(25)9-14-11-27-20-21-8-7-18(26)24(14)20/h3-8,14H,9-11H2,1-2H3,(H,22,25). The van der Waals surface area contributed by atoms with Gasteiger partial charge in [-0.05, 0) is 19.4 Å². The van der Waals surface area contributed by atoms with Crippen molar-refractivity contribution in [1.82, 2.24) is 19.9 Å². The molecular weight excluding hydrogens is 392 g/mol. The number of amides is 1. The SMILES string of the molecule is Cc1ccccc1-c1nc(C)c(CNC(=O)CC2CSc3nccc(=O)n32)s1. The molecule has 0 fully saturated rings. The zero-order valence-corrected chi connectivity index (χ0v) is 17.3. The van der Waals surface area contributed by atoms with Crippen LogP contribution in [0, 0.1) is 13.8 Å². The van der Waals surface area contributed by atoms with Gasteiger partial charge in [-0.15, -0.1) is 11.3 Å². The second-order valence-corrected chi connectivity index (χ2v) is 8.79. The van der Waals surface area contributed by atoms with Crippen molar-refractivity contribution in [3.05, 3.63) is 63.0 Å². The summed E-state index contributed by atoms with van der Waals surface area (Å²) >= 11 is 3.12. The molecule has 3 aromatic rings. The largest absolute Gasteiger partial charge is 0.351 e. The van der Waals surface area contributed by atoms with E-state index in [1.54, 1.807) is 15.9 Å². The van der Waals surface area contributed by atoms with Gasteiger partial charge in [-0.1, -0.05) is 36.0 Å². The van der Waals surface area contributed by atoms with Crippen LogP contribution in [0.2, 0.25) is 0 Å². The Bertz CT molecular complexity index is 1090. The molecular formula is C20H20N4O2S2. The zero-order chi connectivity index (χ0) is 19.7. The van der Waals surface area contributed by atoms with E-state index in [9.17, 15) is 9.59 Å². The highest BCUT2D eigenvalue weighted by molar-refractivity contribution is 7.99. The van der Waals surface area contributed by atoms with Gasteiger partial charge >= 0.3 is 0 Å². The van der Waals surface area contributed by atoms with Crippen LogP contribution in [0.15, 0.2) is 46.5 Å². The molecule has 0 spiro atoms. The molecule has 1 aliphatic heterocycles. The number of carbonyl (C=O) groups is 1. The number of carbonyl (C=O) groups excluding carboxylic acids is 1. The van der Waals surface area contributed by atoms with Gasteiger partial charge in [0.15, 0.2) is 5.16 Å². The fraction of sp³-hybridized carbons (Fsp3) is 0.300. The third-order valence-electron chi connectivity index (χ3n) is 4.75. The number of aryl methyl sites for hydroxylation is 2. The minimum absolute atomic E-state index is 0.0700. The number of aromatic nitrogens is 3. The van der Waals surface area contributed by atoms with Crippen molar-refractivity contribution < 1.29 is 4.79 Å². The molecule has 6 nitrogen and oxygen atoms in total. The molecule has 1 amide bonds. The highest BCUT2D eigenvalue weighted by Gasteiger charge is 2.26. The maximum absolute atomic E-state index is 12.5. The molecule has 0 saturated carbocycles. The lowest BCUT2D eigenvalue weighted by atomic mass is 10.1. The summed E-state index contributed by atoms with van der Waals surface area (Å²) in [6.45, 7) is 4.49. The van der Waals surface area contributed by atoms with Gasteiger partial charge in [0.2, 0.25) is 5.91 Å². The number of nitrogens with one attached hydrogen (secondary N) is 1. The van der Waals surface area contributed by atoms with Crippen LogP contribution in [0.3, 0.4) is 0 Å². The van der Waals surface area contributed by atoms with Gasteiger partial charge in [-0.25, -0.2) is 9.97 Å². The minimum atomic E-state index is -0.147. The Labute approximate surface area is 171 Å². The Balaban J connectivity index is 1.41. The molecule has 1 unspecified atom stereocenters. The molecule has 1 atom stereocenters. The summed E-state index contributed by atoms with van der Waals surface area (Å²) in [5.74, 6) is 0.621. The van der Waals surface area contributed by atoms with Crippen LogP contribution in [-0.2, 0) is 11.3 Å². The molecule has 0 radical (unpaired) electrons. The van der Waals surface area contributed by atoms with Gasteiger partial charge in [-0.2, -0.15) is 0 Å². The third kappa shape index (κ3) is 3.74. The molecule has 1 aromatic carbocycles. The molecule has 2 aromatic heterocycles. The summed E-state index contributed by atoms with van der Waals surface area (Å²) in [6, 6.07) is 9.45. The van der Waals surface area contributed by atoms with Gasteiger partial charge < -0.3 is 5.32 Å². The summed E-state index contributed by atoms with van der Waals surface area (Å²) < 4.78 is 1.62. The van der Waals surface area contributed by atoms with Gasteiger partial charge in [0.1, 0.15) is 5.01 Å². The molecule has 144 valence electrons. The van der Waals surface area contributed by atoms with E-state index in [0.717, 1.165) is 21.1 Å². The first-order chi connectivity index (χ1) is 13.5. The average Bonchev–Trinajstić information content (AvgIpc) is 3.25. The van der Waals surface area contributed by atoms with Crippen molar-refractivity contribution in [2.45, 2.75) is 38.0 Å². The van der Waals surface area contributed by atoms with Crippen molar-refractivity contribution in [3.8, 4) is 10.6 Å². The number of thioether (sulfide) groups is 1. The molecule has 0 bridgehead atoms. The fourth-order valence-corrected chi connectivity index (χ4v) is 5.44. The molecule has 0 saturated heterocycles. The van der Waals surface area contributed by atoms with Crippen molar-refractivity contribution in [2.24, 2.45) is 0 Å². The second kappa shape index (κ2) is 7.89. The van der Waals surface area contributed by atoms with Crippen LogP contribution in [-0.4, -0.2) is 26.2 Å². The Kier molecular flexibility index (Phi) is 5.32. The second-order valence-electron chi connectivity index (χ2n) is 6.72. The first-order valence-electron chi connectivity index (χ1n) is 9.02. The quantitative estimate of drug-likeness (QED) is 0.651. The van der Waals surface area contributed by atoms with Gasteiger partial charge in [0.05, 0.1) is 18.3 Å². The van der Waals surface area contributed by atoms with E-state index < -0.39 is 0 Å². The molecule has 8 heteroatoms. The van der Waals surface area contributed by atoms with Gasteiger partial charge in [0.25, 0.3) is 5.56 Å². The molecule has 28 heavy (non-hydrogen) atoms. The topological polar surface area (TPSA) is 76.9 Å². The smallest absolute Gasteiger partial charge is 0.254 e. The van der Waals surface area contributed by atoms with E-state index in [-0.39, 0.29) is 23.9 Å². The predicted molar refractivity (Wildman–Crippen MR) is 112 cm³/mol. The molecule has 0 aliphatic carbocycles. The lowest BCUT2D eigenvalue weighted by Gasteiger charge is -2.12. The minimum Gasteiger partial charge on any atom is -0.351 e. The van der Waals surface area contributed by atoms with Crippen molar-refractivity contribution in [2.75, 3.05) is 5.75 Å². The number of nitrogens with zero attached hydrogens (tertiary/aromatic N) is 3. The summed E-state index contributed by atoms with van der Waals surface area (Å²) in [5, 5.41) is 4.64. The normalized spacial score (nSPS) is 15.4. The predicted octanol–water partition coefficient (Wildman–Crippen LogP) is 3.34. The maximum atomic E-state index is 12.5. The molecule has 1 aliphatic rings. The lowest BCUT2D eigenvalue weighted by Crippen LogP contribution is -2.30. The number of hydrogen-bond acceptors (Lipinski definition) is 6. The molecule has 1 N–H and O–H groups in total. The first kappa shape index (κ1) is 18.9. The van der Waals surface area contributed by atoms with Crippen LogP contribution in [0.4, 0.5) is 0 Å². The summed E-state index contributed by atoms with van der Waals surface area (Å²) in [7, 11) is 0. The Morgan fingerprint density at radius 3 is 2.93 bits per heavy atom. The number of benzene rings is 1. The van der Waals surface area contributed by atoms with Crippen molar-refractivity contribution in [1.29, 1.82) is 0 Å². The number of rotatable bonds is 5. The average molecular weight is 413 g/mol. The van der Waals surface area contributed by atoms with Crippen molar-refractivity contribution in [3.63, 3.8) is 0 Å². The Morgan fingerprint density at radius 1 is 1.29 bits per heavy atom. The fourth-order valence-electron chi connectivity index (χ4n) is 3.23. The first-order valence-corrected chi connectivity index (χ1v) is 10.8. The van der Waals surface area contributed by atoms with Gasteiger partial charge in [0, 0.05) is 34.9 Å². The summed E-state index contributed by atoms with van der Waals surface area (Å²) in [4.78, 5) is 34.5. The van der Waals surface area contributed by atoms with Crippen LogP contribution in [0.5, 0.6) is 0 Å². The van der Waals surface area contributed by atoms with Crippen LogP contribution in [0.25, 0.3) is 10.6 Å². The lowest BCUT2D eigenvalue weighted by molar-refractivity contribution is -0.121. The zero-order valence-electron chi connectivity index (χ0n) is 15.6. The van der Waals surface area contributed by atoms with E-state index >= 15 is 0 Å². The van der Waals surface area contributed by atoms with Crippen LogP contribution in [0.1, 0.15) is 28.6 Å². The van der Waals surface area contributed by atoms with Crippen molar-refractivity contribution >= 4 is 29.0 Å². The van der Waals surface area contributed by atoms with Gasteiger partial charge in [-0.3, -0.25) is 14.2 Å². The number of fused-ring (bicyclic) bond motifs is 1. The van der Waals surface area contributed by atoms with E-state index in [1.807, 2.05) is 19.1 Å². The number of hydrogen-bond donors (Lipinski definition) is 1. The van der Waals surface area contributed by atoms with Crippen LogP contribution < -0.4 is 10.9 Å². The highest BCUT2D eigenvalue weighted by Crippen LogP contribution is 2.32. The third-order valence-corrected chi connectivity index (χ3v) is 7.05. The van der Waals surface area contributed by atoms with E-state index in [4.69, 9.17) is 0 Å². The van der Waals surface area contributed by atoms with E-state index in [1.165, 1.54) is 29.6 Å². The Hall–Kier alpha value is -2.45. The van der Waals surface area contributed by atoms with E-state index in [2.05, 4.69) is 34.3 Å². The monoisotopic (exact) mass is 412 g/mol. The summed E-state index contributed by atoms with van der Waals surface area (Å²) in [6.07, 6.45) is 1.79. The Morgan fingerprint density at radius 2 is 2.11 bits per heavy atom. The number of thiazole rings is 1. The maximum Gasteiger partial charge on any atom is 0.254 e. The molecule has 3 heterocycles. The van der Waals surface area contributed by atoms with Crippen LogP contribution >= 0.6 is 23.1 Å². The summed E-state index contributed by atoms with van der Waals surface area (Å²) in [5.41, 5.74) is 3.14. The highest BCUT2D eigenvalue weighted by atomic mass is 32.2. The van der Waals surface area contributed by atoms with E-state index in [0.29, 0.717) is 17.5 Å².